The molecule has 142 valence electrons. The van der Waals surface area contributed by atoms with Crippen molar-refractivity contribution in [3.63, 3.8) is 0 Å². The lowest BCUT2D eigenvalue weighted by molar-refractivity contribution is -0.141. The zero-order valence-corrected chi connectivity index (χ0v) is 16.0. The Morgan fingerprint density at radius 2 is 1.89 bits per heavy atom. The van der Waals surface area contributed by atoms with Crippen LogP contribution in [0.3, 0.4) is 0 Å². The van der Waals surface area contributed by atoms with Crippen LogP contribution in [0.25, 0.3) is 22.2 Å². The monoisotopic (exact) mass is 374 g/mol. The number of amides is 1. The molecule has 0 spiro atoms. The van der Waals surface area contributed by atoms with Crippen LogP contribution in [0.2, 0.25) is 0 Å². The summed E-state index contributed by atoms with van der Waals surface area (Å²) in [5, 5.41) is 10.0. The van der Waals surface area contributed by atoms with E-state index < -0.39 is 11.9 Å². The van der Waals surface area contributed by atoms with Crippen LogP contribution in [0.4, 0.5) is 0 Å². The maximum absolute atomic E-state index is 13.3. The SMILES string of the molecule is Cc1ccc(-c2cc(C(=O)N3CCC(C(=O)O)C3)c3ccccc3n2)c(C)c1. The molecule has 1 aromatic heterocycles. The Morgan fingerprint density at radius 1 is 1.11 bits per heavy atom. The summed E-state index contributed by atoms with van der Waals surface area (Å²) in [6, 6.07) is 15.6. The smallest absolute Gasteiger partial charge is 0.308 e. The fraction of sp³-hybridized carbons (Fsp3) is 0.261. The molecule has 2 aromatic carbocycles. The predicted molar refractivity (Wildman–Crippen MR) is 108 cm³/mol. The third kappa shape index (κ3) is 3.24. The van der Waals surface area contributed by atoms with Gasteiger partial charge in [0.25, 0.3) is 5.91 Å². The highest BCUT2D eigenvalue weighted by Crippen LogP contribution is 2.29. The Bertz CT molecular complexity index is 1090. The van der Waals surface area contributed by atoms with Crippen LogP contribution >= 0.6 is 0 Å². The first-order chi connectivity index (χ1) is 13.4. The number of aliphatic carboxylic acids is 1. The van der Waals surface area contributed by atoms with Crippen molar-refractivity contribution >= 4 is 22.8 Å². The summed E-state index contributed by atoms with van der Waals surface area (Å²) in [4.78, 5) is 31.0. The van der Waals surface area contributed by atoms with E-state index in [1.807, 2.05) is 56.3 Å². The fourth-order valence-electron chi connectivity index (χ4n) is 3.91. The summed E-state index contributed by atoms with van der Waals surface area (Å²) >= 11 is 0. The maximum atomic E-state index is 13.3. The van der Waals surface area contributed by atoms with E-state index in [1.54, 1.807) is 4.90 Å². The first-order valence-corrected chi connectivity index (χ1v) is 9.43. The highest BCUT2D eigenvalue weighted by molar-refractivity contribution is 6.07. The lowest BCUT2D eigenvalue weighted by atomic mass is 9.99. The predicted octanol–water partition coefficient (Wildman–Crippen LogP) is 4.07. The summed E-state index contributed by atoms with van der Waals surface area (Å²) < 4.78 is 0. The van der Waals surface area contributed by atoms with E-state index in [0.717, 1.165) is 27.7 Å². The number of carbonyl (C=O) groups is 2. The van der Waals surface area contributed by atoms with E-state index in [1.165, 1.54) is 5.56 Å². The Hall–Kier alpha value is -3.21. The second-order valence-electron chi connectivity index (χ2n) is 7.47. The first-order valence-electron chi connectivity index (χ1n) is 9.43. The van der Waals surface area contributed by atoms with E-state index in [0.29, 0.717) is 18.5 Å². The number of fused-ring (bicyclic) bond motifs is 1. The summed E-state index contributed by atoms with van der Waals surface area (Å²) in [7, 11) is 0. The van der Waals surface area contributed by atoms with Gasteiger partial charge in [0, 0.05) is 24.0 Å². The Kier molecular flexibility index (Phi) is 4.59. The van der Waals surface area contributed by atoms with Gasteiger partial charge in [-0.2, -0.15) is 0 Å². The summed E-state index contributed by atoms with van der Waals surface area (Å²) in [5.74, 6) is -1.46. The zero-order chi connectivity index (χ0) is 19.8. The second kappa shape index (κ2) is 7.08. The molecule has 1 fully saturated rings. The number of rotatable bonds is 3. The number of carboxylic acids is 1. The molecule has 1 aliphatic rings. The normalized spacial score (nSPS) is 16.5. The molecular weight excluding hydrogens is 352 g/mol. The Morgan fingerprint density at radius 3 is 2.61 bits per heavy atom. The quantitative estimate of drug-likeness (QED) is 0.750. The van der Waals surface area contributed by atoms with Gasteiger partial charge >= 0.3 is 5.97 Å². The van der Waals surface area contributed by atoms with Crippen LogP contribution in [0.15, 0.2) is 48.5 Å². The van der Waals surface area contributed by atoms with E-state index in [4.69, 9.17) is 4.98 Å². The molecule has 0 radical (unpaired) electrons. The molecule has 0 bridgehead atoms. The number of hydrogen-bond donors (Lipinski definition) is 1. The number of pyridine rings is 1. The molecule has 1 aliphatic heterocycles. The molecular formula is C23H22N2O3. The number of aryl methyl sites for hydroxylation is 2. The average molecular weight is 374 g/mol. The van der Waals surface area contributed by atoms with Crippen molar-refractivity contribution in [3.05, 3.63) is 65.2 Å². The molecule has 1 saturated heterocycles. The van der Waals surface area contributed by atoms with Gasteiger partial charge in [0.15, 0.2) is 0 Å². The topological polar surface area (TPSA) is 70.5 Å². The van der Waals surface area contributed by atoms with Gasteiger partial charge in [0.1, 0.15) is 0 Å². The molecule has 1 amide bonds. The van der Waals surface area contributed by atoms with E-state index in [-0.39, 0.29) is 12.5 Å². The largest absolute Gasteiger partial charge is 0.481 e. The van der Waals surface area contributed by atoms with E-state index in [9.17, 15) is 14.7 Å². The van der Waals surface area contributed by atoms with Gasteiger partial charge in [-0.15, -0.1) is 0 Å². The van der Waals surface area contributed by atoms with Crippen LogP contribution in [-0.4, -0.2) is 40.0 Å². The minimum Gasteiger partial charge on any atom is -0.481 e. The average Bonchev–Trinajstić information content (AvgIpc) is 3.17. The third-order valence-corrected chi connectivity index (χ3v) is 5.43. The van der Waals surface area contributed by atoms with Crippen molar-refractivity contribution in [2.24, 2.45) is 5.92 Å². The van der Waals surface area contributed by atoms with Crippen molar-refractivity contribution in [1.82, 2.24) is 9.88 Å². The fourth-order valence-corrected chi connectivity index (χ4v) is 3.91. The van der Waals surface area contributed by atoms with Gasteiger partial charge in [-0.25, -0.2) is 4.98 Å². The number of likely N-dealkylation sites (tertiary alicyclic amines) is 1. The van der Waals surface area contributed by atoms with Gasteiger partial charge in [-0.1, -0.05) is 42.0 Å². The van der Waals surface area contributed by atoms with Crippen molar-refractivity contribution in [2.75, 3.05) is 13.1 Å². The molecule has 4 rings (SSSR count). The minimum absolute atomic E-state index is 0.131. The minimum atomic E-state index is -0.842. The molecule has 0 saturated carbocycles. The van der Waals surface area contributed by atoms with Crippen LogP contribution in [-0.2, 0) is 4.79 Å². The van der Waals surface area contributed by atoms with Crippen molar-refractivity contribution < 1.29 is 14.7 Å². The van der Waals surface area contributed by atoms with Gasteiger partial charge in [-0.3, -0.25) is 9.59 Å². The number of aromatic nitrogens is 1. The van der Waals surface area contributed by atoms with Gasteiger partial charge in [-0.05, 0) is 38.0 Å². The number of nitrogens with zero attached hydrogens (tertiary/aromatic N) is 2. The van der Waals surface area contributed by atoms with E-state index in [2.05, 4.69) is 6.07 Å². The molecule has 5 nitrogen and oxygen atoms in total. The number of para-hydroxylation sites is 1. The highest BCUT2D eigenvalue weighted by atomic mass is 16.4. The van der Waals surface area contributed by atoms with Gasteiger partial charge in [0.05, 0.1) is 22.7 Å². The van der Waals surface area contributed by atoms with Gasteiger partial charge in [0.2, 0.25) is 0 Å². The standard InChI is InChI=1S/C23H22N2O3/c1-14-7-8-17(15(2)11-14)21-12-19(18-5-3-4-6-20(18)24-21)22(26)25-10-9-16(13-25)23(27)28/h3-8,11-12,16H,9-10,13H2,1-2H3,(H,27,28). The molecule has 1 unspecified atom stereocenters. The van der Waals surface area contributed by atoms with Crippen molar-refractivity contribution in [2.45, 2.75) is 20.3 Å². The Labute approximate surface area is 163 Å². The zero-order valence-electron chi connectivity index (χ0n) is 16.0. The van der Waals surface area contributed by atoms with E-state index >= 15 is 0 Å². The lowest BCUT2D eigenvalue weighted by Crippen LogP contribution is -2.30. The molecule has 3 aromatic rings. The number of carbonyl (C=O) groups excluding carboxylic acids is 1. The molecule has 1 atom stereocenters. The first kappa shape index (κ1) is 18.2. The maximum Gasteiger partial charge on any atom is 0.308 e. The summed E-state index contributed by atoms with van der Waals surface area (Å²) in [6.07, 6.45) is 0.494. The molecule has 28 heavy (non-hydrogen) atoms. The summed E-state index contributed by atoms with van der Waals surface area (Å²) in [6.45, 7) is 4.81. The van der Waals surface area contributed by atoms with Gasteiger partial charge < -0.3 is 10.0 Å². The number of benzene rings is 2. The molecule has 2 heterocycles. The van der Waals surface area contributed by atoms with Crippen molar-refractivity contribution in [1.29, 1.82) is 0 Å². The number of hydrogen-bond acceptors (Lipinski definition) is 3. The lowest BCUT2D eigenvalue weighted by Gasteiger charge is -2.18. The molecule has 1 N–H and O–H groups in total. The number of carboxylic acid groups (broad SMARTS) is 1. The van der Waals surface area contributed by atoms with Crippen LogP contribution < -0.4 is 0 Å². The highest BCUT2D eigenvalue weighted by Gasteiger charge is 2.32. The second-order valence-corrected chi connectivity index (χ2v) is 7.47. The summed E-state index contributed by atoms with van der Waals surface area (Å²) in [5.41, 5.74) is 5.37. The van der Waals surface area contributed by atoms with Crippen LogP contribution in [0.5, 0.6) is 0 Å². The van der Waals surface area contributed by atoms with Crippen LogP contribution in [0.1, 0.15) is 27.9 Å². The molecule has 5 heteroatoms. The third-order valence-electron chi connectivity index (χ3n) is 5.43. The van der Waals surface area contributed by atoms with Crippen molar-refractivity contribution in [3.8, 4) is 11.3 Å². The molecule has 0 aliphatic carbocycles. The van der Waals surface area contributed by atoms with Crippen LogP contribution in [0, 0.1) is 19.8 Å². The Balaban J connectivity index is 1.81.